The third-order valence-electron chi connectivity index (χ3n) is 3.05. The highest BCUT2D eigenvalue weighted by Gasteiger charge is 2.22. The molecule has 140 valence electrons. The molecule has 7 nitrogen and oxygen atoms in total. The molecule has 0 saturated carbocycles. The predicted molar refractivity (Wildman–Crippen MR) is 97.1 cm³/mol. The second-order valence-electron chi connectivity index (χ2n) is 6.30. The van der Waals surface area contributed by atoms with Crippen LogP contribution in [0.15, 0.2) is 23.1 Å². The van der Waals surface area contributed by atoms with E-state index in [2.05, 4.69) is 10.0 Å². The molecule has 1 aromatic rings. The molecule has 0 radical (unpaired) electrons. The minimum Gasteiger partial charge on any atom is -0.352 e. The monoisotopic (exact) mass is 389 g/mol. The van der Waals surface area contributed by atoms with Gasteiger partial charge in [0.1, 0.15) is 0 Å². The molecule has 0 aliphatic carbocycles. The molecule has 0 saturated heterocycles. The molecular weight excluding hydrogens is 366 g/mol. The second-order valence-corrected chi connectivity index (χ2v) is 8.42. The summed E-state index contributed by atoms with van der Waals surface area (Å²) >= 11 is 6.05. The molecule has 25 heavy (non-hydrogen) atoms. The number of hydrogen-bond donors (Lipinski definition) is 2. The van der Waals surface area contributed by atoms with Crippen molar-refractivity contribution in [2.24, 2.45) is 0 Å². The molecular formula is C16H24ClN3O4S. The lowest BCUT2D eigenvalue weighted by Gasteiger charge is -2.19. The Morgan fingerprint density at radius 3 is 2.28 bits per heavy atom. The zero-order chi connectivity index (χ0) is 19.4. The first-order valence-electron chi connectivity index (χ1n) is 7.80. The first-order valence-corrected chi connectivity index (χ1v) is 9.67. The summed E-state index contributed by atoms with van der Waals surface area (Å²) in [5, 5.41) is 2.80. The van der Waals surface area contributed by atoms with Crippen molar-refractivity contribution in [2.45, 2.75) is 44.7 Å². The van der Waals surface area contributed by atoms with E-state index in [-0.39, 0.29) is 40.0 Å². The van der Waals surface area contributed by atoms with Gasteiger partial charge in [0.05, 0.1) is 22.0 Å². The van der Waals surface area contributed by atoms with E-state index in [1.54, 1.807) is 13.8 Å². The van der Waals surface area contributed by atoms with E-state index in [0.717, 1.165) is 0 Å². The Kier molecular flexibility index (Phi) is 7.40. The van der Waals surface area contributed by atoms with Crippen molar-refractivity contribution in [2.75, 3.05) is 13.6 Å². The van der Waals surface area contributed by atoms with Gasteiger partial charge < -0.3 is 10.2 Å². The summed E-state index contributed by atoms with van der Waals surface area (Å²) < 4.78 is 27.0. The number of hydrogen-bond acceptors (Lipinski definition) is 4. The third-order valence-corrected chi connectivity index (χ3v) is 5.03. The third kappa shape index (κ3) is 6.30. The fourth-order valence-corrected chi connectivity index (χ4v) is 3.55. The lowest BCUT2D eigenvalue weighted by molar-refractivity contribution is -0.122. The Labute approximate surface area is 153 Å². The average Bonchev–Trinajstić information content (AvgIpc) is 2.44. The Morgan fingerprint density at radius 1 is 1.16 bits per heavy atom. The maximum absolute atomic E-state index is 12.5. The van der Waals surface area contributed by atoms with Crippen molar-refractivity contribution in [3.8, 4) is 0 Å². The molecule has 1 aromatic carbocycles. The first kappa shape index (κ1) is 21.4. The van der Waals surface area contributed by atoms with E-state index < -0.39 is 15.9 Å². The highest BCUT2D eigenvalue weighted by atomic mass is 35.5. The minimum absolute atomic E-state index is 0.0214. The number of benzene rings is 1. The summed E-state index contributed by atoms with van der Waals surface area (Å²) in [4.78, 5) is 25.4. The SMILES string of the molecule is CC(C)NC(=O)CN(C)C(=O)c1cc(S(=O)(=O)NC(C)C)ccc1Cl. The summed E-state index contributed by atoms with van der Waals surface area (Å²) in [5.74, 6) is -0.849. The number of carbonyl (C=O) groups excluding carboxylic acids is 2. The number of carbonyl (C=O) groups is 2. The lowest BCUT2D eigenvalue weighted by atomic mass is 10.2. The van der Waals surface area contributed by atoms with Crippen LogP contribution in [0.2, 0.25) is 5.02 Å². The van der Waals surface area contributed by atoms with Crippen LogP contribution in [0.25, 0.3) is 0 Å². The van der Waals surface area contributed by atoms with Crippen molar-refractivity contribution in [3.05, 3.63) is 28.8 Å². The van der Waals surface area contributed by atoms with E-state index >= 15 is 0 Å². The molecule has 0 heterocycles. The molecule has 0 bridgehead atoms. The van der Waals surface area contributed by atoms with Crippen LogP contribution in [0.3, 0.4) is 0 Å². The Morgan fingerprint density at radius 2 is 1.76 bits per heavy atom. The molecule has 0 unspecified atom stereocenters. The van der Waals surface area contributed by atoms with Gasteiger partial charge in [-0.05, 0) is 45.9 Å². The molecule has 0 aromatic heterocycles. The molecule has 0 atom stereocenters. The average molecular weight is 390 g/mol. The van der Waals surface area contributed by atoms with Crippen LogP contribution in [0, 0.1) is 0 Å². The quantitative estimate of drug-likeness (QED) is 0.740. The Balaban J connectivity index is 3.06. The van der Waals surface area contributed by atoms with Crippen LogP contribution < -0.4 is 10.0 Å². The lowest BCUT2D eigenvalue weighted by Crippen LogP contribution is -2.41. The maximum atomic E-state index is 12.5. The van der Waals surface area contributed by atoms with Crippen LogP contribution in [0.4, 0.5) is 0 Å². The maximum Gasteiger partial charge on any atom is 0.255 e. The van der Waals surface area contributed by atoms with E-state index in [1.807, 2.05) is 13.8 Å². The largest absolute Gasteiger partial charge is 0.352 e. The van der Waals surface area contributed by atoms with Gasteiger partial charge in [0.2, 0.25) is 15.9 Å². The van der Waals surface area contributed by atoms with Crippen molar-refractivity contribution in [1.29, 1.82) is 0 Å². The summed E-state index contributed by atoms with van der Waals surface area (Å²) in [6.45, 7) is 6.86. The number of nitrogens with one attached hydrogen (secondary N) is 2. The van der Waals surface area contributed by atoms with Crippen LogP contribution in [-0.2, 0) is 14.8 Å². The second kappa shape index (κ2) is 8.64. The molecule has 1 rings (SSSR count). The van der Waals surface area contributed by atoms with Gasteiger partial charge in [-0.2, -0.15) is 0 Å². The molecule has 0 fully saturated rings. The minimum atomic E-state index is -3.76. The van der Waals surface area contributed by atoms with Gasteiger partial charge in [-0.15, -0.1) is 0 Å². The van der Waals surface area contributed by atoms with Gasteiger partial charge in [0.15, 0.2) is 0 Å². The number of likely N-dealkylation sites (N-methyl/N-ethyl adjacent to an activating group) is 1. The molecule has 0 aliphatic rings. The van der Waals surface area contributed by atoms with Crippen molar-refractivity contribution < 1.29 is 18.0 Å². The van der Waals surface area contributed by atoms with E-state index in [4.69, 9.17) is 11.6 Å². The predicted octanol–water partition coefficient (Wildman–Crippen LogP) is 1.62. The summed E-state index contributed by atoms with van der Waals surface area (Å²) in [6, 6.07) is 3.56. The number of sulfonamides is 1. The summed E-state index contributed by atoms with van der Waals surface area (Å²) in [6.07, 6.45) is 0. The topological polar surface area (TPSA) is 95.6 Å². The van der Waals surface area contributed by atoms with Crippen LogP contribution in [-0.4, -0.2) is 50.8 Å². The van der Waals surface area contributed by atoms with Gasteiger partial charge in [0, 0.05) is 19.1 Å². The summed E-state index contributed by atoms with van der Waals surface area (Å²) in [7, 11) is -2.31. The number of amides is 2. The summed E-state index contributed by atoms with van der Waals surface area (Å²) in [5.41, 5.74) is 0.0214. The van der Waals surface area contributed by atoms with Gasteiger partial charge in [0.25, 0.3) is 5.91 Å². The number of halogens is 1. The highest BCUT2D eigenvalue weighted by Crippen LogP contribution is 2.22. The van der Waals surface area contributed by atoms with Crippen LogP contribution in [0.1, 0.15) is 38.1 Å². The first-order chi connectivity index (χ1) is 11.4. The smallest absolute Gasteiger partial charge is 0.255 e. The molecule has 2 amide bonds. The standard InChI is InChI=1S/C16H24ClN3O4S/c1-10(2)18-15(21)9-20(5)16(22)13-8-12(6-7-14(13)17)25(23,24)19-11(3)4/h6-8,10-11,19H,9H2,1-5H3,(H,18,21). The number of nitrogens with zero attached hydrogens (tertiary/aromatic N) is 1. The Hall–Kier alpha value is -1.64. The molecule has 0 spiro atoms. The van der Waals surface area contributed by atoms with Crippen molar-refractivity contribution in [3.63, 3.8) is 0 Å². The fraction of sp³-hybridized carbons (Fsp3) is 0.500. The van der Waals surface area contributed by atoms with E-state index in [1.165, 1.54) is 30.1 Å². The number of rotatable bonds is 7. The zero-order valence-electron chi connectivity index (χ0n) is 15.0. The van der Waals surface area contributed by atoms with Crippen LogP contribution in [0.5, 0.6) is 0 Å². The van der Waals surface area contributed by atoms with Gasteiger partial charge in [-0.3, -0.25) is 9.59 Å². The highest BCUT2D eigenvalue weighted by molar-refractivity contribution is 7.89. The zero-order valence-corrected chi connectivity index (χ0v) is 16.5. The van der Waals surface area contributed by atoms with Gasteiger partial charge in [-0.1, -0.05) is 11.6 Å². The Bertz CT molecular complexity index is 748. The molecule has 2 N–H and O–H groups in total. The molecule has 9 heteroatoms. The molecule has 0 aliphatic heterocycles. The van der Waals surface area contributed by atoms with Crippen molar-refractivity contribution in [1.82, 2.24) is 14.9 Å². The normalized spacial score (nSPS) is 11.7. The van der Waals surface area contributed by atoms with E-state index in [0.29, 0.717) is 0 Å². The van der Waals surface area contributed by atoms with Crippen LogP contribution >= 0.6 is 11.6 Å². The fourth-order valence-electron chi connectivity index (χ4n) is 2.07. The van der Waals surface area contributed by atoms with Gasteiger partial charge in [-0.25, -0.2) is 13.1 Å². The van der Waals surface area contributed by atoms with Gasteiger partial charge >= 0.3 is 0 Å². The van der Waals surface area contributed by atoms with E-state index in [9.17, 15) is 18.0 Å². The van der Waals surface area contributed by atoms with Crippen molar-refractivity contribution >= 4 is 33.4 Å².